The molecule has 0 amide bonds. The lowest BCUT2D eigenvalue weighted by Gasteiger charge is -2.03. The summed E-state index contributed by atoms with van der Waals surface area (Å²) in [5.74, 6) is -2.68. The molecular formula is C17H11F3N2O3. The van der Waals surface area contributed by atoms with Gasteiger partial charge in [-0.2, -0.15) is 13.2 Å². The molecule has 5 nitrogen and oxygen atoms in total. The Morgan fingerprint density at radius 2 is 1.56 bits per heavy atom. The van der Waals surface area contributed by atoms with E-state index in [-0.39, 0.29) is 0 Å². The quantitative estimate of drug-likeness (QED) is 0.528. The number of carboxylic acid groups (broad SMARTS) is 1. The number of halogens is 3. The molecule has 8 heteroatoms. The fourth-order valence-electron chi connectivity index (χ4n) is 2.57. The Morgan fingerprint density at radius 1 is 1.00 bits per heavy atom. The van der Waals surface area contributed by atoms with Crippen molar-refractivity contribution in [2.24, 2.45) is 0 Å². The highest BCUT2D eigenvalue weighted by molar-refractivity contribution is 5.98. The zero-order valence-corrected chi connectivity index (χ0v) is 12.5. The second-order valence-electron chi connectivity index (χ2n) is 5.18. The highest BCUT2D eigenvalue weighted by Crippen LogP contribution is 2.33. The van der Waals surface area contributed by atoms with Crippen molar-refractivity contribution < 1.29 is 33.2 Å². The zero-order valence-electron chi connectivity index (χ0n) is 12.5. The number of fused-ring (bicyclic) bond motifs is 5. The Bertz CT molecular complexity index is 1090. The second-order valence-corrected chi connectivity index (χ2v) is 5.18. The number of rotatable bonds is 0. The van der Waals surface area contributed by atoms with E-state index in [9.17, 15) is 18.3 Å². The Morgan fingerprint density at radius 3 is 2.20 bits per heavy atom. The van der Waals surface area contributed by atoms with Gasteiger partial charge >= 0.3 is 6.18 Å². The lowest BCUT2D eigenvalue weighted by atomic mass is 10.2. The van der Waals surface area contributed by atoms with E-state index in [1.165, 1.54) is 0 Å². The van der Waals surface area contributed by atoms with Crippen LogP contribution in [0.3, 0.4) is 0 Å². The molecule has 0 saturated carbocycles. The molecule has 0 spiro atoms. The van der Waals surface area contributed by atoms with Crippen molar-refractivity contribution in [3.63, 3.8) is 0 Å². The third-order valence-corrected chi connectivity index (χ3v) is 3.62. The van der Waals surface area contributed by atoms with Crippen LogP contribution in [-0.2, 0) is 4.79 Å². The Kier molecular flexibility index (Phi) is 3.96. The highest BCUT2D eigenvalue weighted by atomic mass is 19.4. The van der Waals surface area contributed by atoms with E-state index in [1.807, 2.05) is 54.7 Å². The van der Waals surface area contributed by atoms with Crippen LogP contribution in [0.15, 0.2) is 54.7 Å². The van der Waals surface area contributed by atoms with E-state index in [1.54, 1.807) is 0 Å². The number of aromatic amines is 1. The van der Waals surface area contributed by atoms with Gasteiger partial charge in [-0.3, -0.25) is 4.40 Å². The minimum Gasteiger partial charge on any atom is -0.542 e. The summed E-state index contributed by atoms with van der Waals surface area (Å²) in [4.78, 5) is 12.0. The molecule has 2 N–H and O–H groups in total. The number of aromatic nitrogens is 2. The summed E-state index contributed by atoms with van der Waals surface area (Å²) in [5.41, 5.74) is 3.93. The summed E-state index contributed by atoms with van der Waals surface area (Å²) in [6, 6.07) is 16.0. The van der Waals surface area contributed by atoms with E-state index >= 15 is 0 Å². The van der Waals surface area contributed by atoms with Gasteiger partial charge in [0.2, 0.25) is 5.52 Å². The minimum absolute atomic E-state index is 0.326. The summed E-state index contributed by atoms with van der Waals surface area (Å²) in [6.07, 6.45) is -3.35. The molecule has 4 aromatic rings. The van der Waals surface area contributed by atoms with Crippen LogP contribution in [-0.4, -0.2) is 21.7 Å². The number of alkyl halides is 3. The first-order chi connectivity index (χ1) is 11.8. The standard InChI is InChI=1S/C15H10N2O.C2HF3O2/c18-15-10-5-1-3-7-12(10)17-13-8-4-2-6-11(13)16-9-14(15)17;3-2(4,5)1(6)7/h1-9,18H;(H,6,7). The molecule has 0 saturated heterocycles. The molecule has 0 radical (unpaired) electrons. The molecular weight excluding hydrogens is 337 g/mol. The van der Waals surface area contributed by atoms with Gasteiger partial charge in [-0.25, -0.2) is 4.98 Å². The maximum absolute atomic E-state index is 10.5. The van der Waals surface area contributed by atoms with Crippen molar-refractivity contribution in [2.75, 3.05) is 0 Å². The van der Waals surface area contributed by atoms with E-state index in [2.05, 4.69) is 9.38 Å². The smallest absolute Gasteiger partial charge is 0.430 e. The molecule has 2 heterocycles. The first-order valence-corrected chi connectivity index (χ1v) is 7.10. The van der Waals surface area contributed by atoms with Gasteiger partial charge in [0.15, 0.2) is 17.5 Å². The molecule has 0 unspecified atom stereocenters. The first kappa shape index (κ1) is 16.6. The van der Waals surface area contributed by atoms with Crippen molar-refractivity contribution in [3.05, 3.63) is 54.7 Å². The third-order valence-electron chi connectivity index (χ3n) is 3.62. The van der Waals surface area contributed by atoms with Gasteiger partial charge in [-0.1, -0.05) is 24.3 Å². The Labute approximate surface area is 138 Å². The molecule has 4 rings (SSSR count). The summed E-state index contributed by atoms with van der Waals surface area (Å²) in [6.45, 7) is 0. The van der Waals surface area contributed by atoms with Crippen LogP contribution in [0.4, 0.5) is 13.2 Å². The predicted octanol–water partition coefficient (Wildman–Crippen LogP) is 2.06. The lowest BCUT2D eigenvalue weighted by molar-refractivity contribution is -0.344. The number of nitrogens with zero attached hydrogens (tertiary/aromatic N) is 1. The summed E-state index contributed by atoms with van der Waals surface area (Å²) in [7, 11) is 0. The number of carbonyl (C=O) groups excluding carboxylic acids is 1. The fraction of sp³-hybridized carbons (Fsp3) is 0.0588. The maximum atomic E-state index is 10.5. The highest BCUT2D eigenvalue weighted by Gasteiger charge is 2.28. The normalized spacial score (nSPS) is 11.5. The predicted molar refractivity (Wildman–Crippen MR) is 81.7 cm³/mol. The van der Waals surface area contributed by atoms with Crippen LogP contribution >= 0.6 is 0 Å². The summed E-state index contributed by atoms with van der Waals surface area (Å²) in [5, 5.41) is 19.9. The van der Waals surface area contributed by atoms with Gasteiger partial charge in [0, 0.05) is 11.5 Å². The van der Waals surface area contributed by atoms with Gasteiger partial charge in [0.05, 0.1) is 5.52 Å². The summed E-state index contributed by atoms with van der Waals surface area (Å²) < 4.78 is 33.6. The van der Waals surface area contributed by atoms with Crippen LogP contribution in [0, 0.1) is 0 Å². The monoisotopic (exact) mass is 348 g/mol. The van der Waals surface area contributed by atoms with Crippen molar-refractivity contribution in [3.8, 4) is 5.75 Å². The molecule has 25 heavy (non-hydrogen) atoms. The van der Waals surface area contributed by atoms with E-state index in [0.29, 0.717) is 5.75 Å². The van der Waals surface area contributed by atoms with Gasteiger partial charge in [-0.15, -0.1) is 0 Å². The number of carboxylic acids is 1. The number of benzene rings is 2. The average Bonchev–Trinajstić information content (AvgIpc) is 2.88. The van der Waals surface area contributed by atoms with Crippen LogP contribution in [0.1, 0.15) is 0 Å². The van der Waals surface area contributed by atoms with Gasteiger partial charge in [0.1, 0.15) is 11.5 Å². The topological polar surface area (TPSA) is 78.9 Å². The minimum atomic E-state index is -5.19. The van der Waals surface area contributed by atoms with E-state index in [0.717, 1.165) is 27.5 Å². The molecule has 0 aliphatic carbocycles. The number of aliphatic carboxylic acids is 1. The molecule has 0 aliphatic rings. The molecule has 0 aliphatic heterocycles. The van der Waals surface area contributed by atoms with E-state index in [4.69, 9.17) is 9.90 Å². The van der Waals surface area contributed by atoms with Crippen LogP contribution in [0.5, 0.6) is 5.75 Å². The molecule has 0 bridgehead atoms. The lowest BCUT2D eigenvalue weighted by Crippen LogP contribution is -2.37. The van der Waals surface area contributed by atoms with Gasteiger partial charge in [-0.05, 0) is 18.2 Å². The number of aromatic hydroxyl groups is 1. The average molecular weight is 348 g/mol. The van der Waals surface area contributed by atoms with Gasteiger partial charge < -0.3 is 15.0 Å². The molecule has 128 valence electrons. The SMILES string of the molecule is O=C([O-])C(F)(F)F.Oc1c2ccccc2n2c1c[nH+]c1ccccc12. The number of nitrogens with one attached hydrogen (secondary N) is 1. The van der Waals surface area contributed by atoms with Crippen LogP contribution < -0.4 is 10.1 Å². The van der Waals surface area contributed by atoms with Crippen LogP contribution in [0.25, 0.3) is 27.5 Å². The number of H-pyrrole nitrogens is 1. The van der Waals surface area contributed by atoms with E-state index < -0.39 is 12.1 Å². The van der Waals surface area contributed by atoms with Crippen molar-refractivity contribution in [1.29, 1.82) is 0 Å². The fourth-order valence-corrected chi connectivity index (χ4v) is 2.57. The first-order valence-electron chi connectivity index (χ1n) is 7.10. The number of hydrogen-bond donors (Lipinski definition) is 1. The van der Waals surface area contributed by atoms with Crippen LogP contribution in [0.2, 0.25) is 0 Å². The second kappa shape index (κ2) is 5.97. The molecule has 2 aromatic heterocycles. The summed E-state index contributed by atoms with van der Waals surface area (Å²) >= 11 is 0. The maximum Gasteiger partial charge on any atom is 0.430 e. The zero-order chi connectivity index (χ0) is 18.2. The van der Waals surface area contributed by atoms with Crippen molar-refractivity contribution in [1.82, 2.24) is 4.40 Å². The van der Waals surface area contributed by atoms with Crippen molar-refractivity contribution in [2.45, 2.75) is 6.18 Å². The molecule has 0 fully saturated rings. The number of carbonyl (C=O) groups is 1. The van der Waals surface area contributed by atoms with Gasteiger partial charge in [0.25, 0.3) is 0 Å². The Balaban J connectivity index is 0.000000225. The molecule has 2 aromatic carbocycles. The molecule has 0 atom stereocenters. The number of hydrogen-bond acceptors (Lipinski definition) is 3. The third kappa shape index (κ3) is 2.93. The van der Waals surface area contributed by atoms with Crippen molar-refractivity contribution >= 4 is 33.4 Å². The largest absolute Gasteiger partial charge is 0.542 e. The number of para-hydroxylation sites is 3. The Hall–Kier alpha value is -3.29.